The van der Waals surface area contributed by atoms with E-state index in [0.29, 0.717) is 17.9 Å². The zero-order chi connectivity index (χ0) is 10.2. The van der Waals surface area contributed by atoms with E-state index in [0.717, 1.165) is 13.0 Å². The van der Waals surface area contributed by atoms with Crippen LogP contribution in [0.4, 0.5) is 0 Å². The van der Waals surface area contributed by atoms with Gasteiger partial charge in [-0.05, 0) is 25.7 Å². The van der Waals surface area contributed by atoms with Gasteiger partial charge in [0.15, 0.2) is 5.79 Å². The van der Waals surface area contributed by atoms with Gasteiger partial charge in [-0.3, -0.25) is 0 Å². The Labute approximate surface area is 85.7 Å². The normalized spacial score (nSPS) is 46.9. The average molecular weight is 200 g/mol. The van der Waals surface area contributed by atoms with Gasteiger partial charge in [0.1, 0.15) is 0 Å². The van der Waals surface area contributed by atoms with E-state index in [1.807, 2.05) is 0 Å². The molecule has 0 radical (unpaired) electrons. The molecule has 4 unspecified atom stereocenters. The molecule has 0 aromatic carbocycles. The number of methoxy groups -OCH3 is 2. The van der Waals surface area contributed by atoms with Crippen LogP contribution in [0.15, 0.2) is 0 Å². The van der Waals surface area contributed by atoms with Crippen LogP contribution in [-0.4, -0.2) is 32.7 Å². The van der Waals surface area contributed by atoms with E-state index in [1.165, 1.54) is 12.8 Å². The fourth-order valence-corrected chi connectivity index (χ4v) is 3.14. The van der Waals surface area contributed by atoms with Gasteiger partial charge in [-0.25, -0.2) is 0 Å². The summed E-state index contributed by atoms with van der Waals surface area (Å²) in [6.07, 6.45) is 3.79. The van der Waals surface area contributed by atoms with E-state index in [9.17, 15) is 0 Å². The molecular formula is C11H20O3. The molecule has 1 saturated carbocycles. The Morgan fingerprint density at radius 1 is 1.43 bits per heavy atom. The van der Waals surface area contributed by atoms with Crippen LogP contribution in [0.3, 0.4) is 0 Å². The van der Waals surface area contributed by atoms with Crippen LogP contribution < -0.4 is 0 Å². The van der Waals surface area contributed by atoms with Crippen molar-refractivity contribution in [2.45, 2.75) is 38.1 Å². The summed E-state index contributed by atoms with van der Waals surface area (Å²) >= 11 is 0. The lowest BCUT2D eigenvalue weighted by Gasteiger charge is -2.37. The molecule has 2 rings (SSSR count). The molecule has 82 valence electrons. The lowest BCUT2D eigenvalue weighted by molar-refractivity contribution is -0.240. The largest absolute Gasteiger partial charge is 0.384 e. The van der Waals surface area contributed by atoms with Gasteiger partial charge in [-0.1, -0.05) is 0 Å². The highest BCUT2D eigenvalue weighted by atomic mass is 16.7. The van der Waals surface area contributed by atoms with E-state index in [1.54, 1.807) is 14.2 Å². The quantitative estimate of drug-likeness (QED) is 0.695. The van der Waals surface area contributed by atoms with Gasteiger partial charge in [0.2, 0.25) is 0 Å². The van der Waals surface area contributed by atoms with Crippen molar-refractivity contribution in [1.82, 2.24) is 0 Å². The number of hydrogen-bond donors (Lipinski definition) is 0. The van der Waals surface area contributed by atoms with Crippen molar-refractivity contribution in [1.29, 1.82) is 0 Å². The minimum Gasteiger partial charge on any atom is -0.384 e. The van der Waals surface area contributed by atoms with Gasteiger partial charge in [0.05, 0.1) is 12.7 Å². The average Bonchev–Trinajstić information content (AvgIpc) is 2.35. The Morgan fingerprint density at radius 2 is 2.21 bits per heavy atom. The van der Waals surface area contributed by atoms with E-state index in [4.69, 9.17) is 14.2 Å². The molecule has 0 N–H and O–H groups in total. The SMILES string of the molecule is COCC1C2CCCC1(OC)OC2C. The monoisotopic (exact) mass is 200 g/mol. The Morgan fingerprint density at radius 3 is 2.86 bits per heavy atom. The fraction of sp³-hybridized carbons (Fsp3) is 1.00. The lowest BCUT2D eigenvalue weighted by Crippen LogP contribution is -2.43. The smallest absolute Gasteiger partial charge is 0.173 e. The lowest BCUT2D eigenvalue weighted by atomic mass is 9.76. The fourth-order valence-electron chi connectivity index (χ4n) is 3.14. The number of ether oxygens (including phenoxy) is 3. The maximum atomic E-state index is 5.98. The third-order valence-electron chi connectivity index (χ3n) is 3.82. The summed E-state index contributed by atoms with van der Waals surface area (Å²) in [4.78, 5) is 0. The highest BCUT2D eigenvalue weighted by Gasteiger charge is 2.55. The minimum atomic E-state index is -0.349. The Hall–Kier alpha value is -0.120. The maximum Gasteiger partial charge on any atom is 0.173 e. The first-order valence-electron chi connectivity index (χ1n) is 5.45. The van der Waals surface area contributed by atoms with Crippen molar-refractivity contribution in [3.63, 3.8) is 0 Å². The van der Waals surface area contributed by atoms with Crippen molar-refractivity contribution in [3.05, 3.63) is 0 Å². The molecule has 3 heteroatoms. The van der Waals surface area contributed by atoms with Crippen molar-refractivity contribution >= 4 is 0 Å². The molecule has 3 nitrogen and oxygen atoms in total. The van der Waals surface area contributed by atoms with E-state index in [-0.39, 0.29) is 5.79 Å². The standard InChI is InChI=1S/C11H20O3/c1-8-9-5-4-6-11(13-3,14-8)10(9)7-12-2/h8-10H,4-7H2,1-3H3. The Bertz CT molecular complexity index is 207. The van der Waals surface area contributed by atoms with Gasteiger partial charge in [0.25, 0.3) is 0 Å². The second-order valence-corrected chi connectivity index (χ2v) is 4.46. The summed E-state index contributed by atoms with van der Waals surface area (Å²) in [6, 6.07) is 0. The van der Waals surface area contributed by atoms with Gasteiger partial charge in [-0.15, -0.1) is 0 Å². The summed E-state index contributed by atoms with van der Waals surface area (Å²) in [7, 11) is 3.51. The van der Waals surface area contributed by atoms with E-state index >= 15 is 0 Å². The van der Waals surface area contributed by atoms with Crippen molar-refractivity contribution in [3.8, 4) is 0 Å². The molecule has 2 bridgehead atoms. The molecule has 0 aromatic rings. The van der Waals surface area contributed by atoms with Crippen LogP contribution >= 0.6 is 0 Å². The molecule has 0 aromatic heterocycles. The first-order chi connectivity index (χ1) is 6.73. The van der Waals surface area contributed by atoms with Crippen LogP contribution in [0.5, 0.6) is 0 Å². The van der Waals surface area contributed by atoms with Crippen LogP contribution in [0.1, 0.15) is 26.2 Å². The second-order valence-electron chi connectivity index (χ2n) is 4.46. The zero-order valence-electron chi connectivity index (χ0n) is 9.29. The molecule has 1 heterocycles. The summed E-state index contributed by atoms with van der Waals surface area (Å²) in [5, 5.41) is 0. The number of rotatable bonds is 3. The molecule has 0 spiro atoms. The molecule has 1 aliphatic heterocycles. The third-order valence-corrected chi connectivity index (χ3v) is 3.82. The molecule has 2 aliphatic rings. The van der Waals surface area contributed by atoms with Crippen molar-refractivity contribution in [2.75, 3.05) is 20.8 Å². The summed E-state index contributed by atoms with van der Waals surface area (Å²) in [5.74, 6) is 0.683. The third kappa shape index (κ3) is 1.38. The first kappa shape index (κ1) is 10.4. The molecule has 1 aliphatic carbocycles. The number of fused-ring (bicyclic) bond motifs is 2. The number of hydrogen-bond acceptors (Lipinski definition) is 3. The highest BCUT2D eigenvalue weighted by Crippen LogP contribution is 2.50. The van der Waals surface area contributed by atoms with Crippen LogP contribution in [-0.2, 0) is 14.2 Å². The van der Waals surface area contributed by atoms with Gasteiger partial charge in [-0.2, -0.15) is 0 Å². The molecule has 1 saturated heterocycles. The molecule has 14 heavy (non-hydrogen) atoms. The first-order valence-corrected chi connectivity index (χ1v) is 5.45. The van der Waals surface area contributed by atoms with Crippen LogP contribution in [0, 0.1) is 11.8 Å². The second kappa shape index (κ2) is 3.80. The summed E-state index contributed by atoms with van der Waals surface area (Å²) in [6.45, 7) is 2.91. The van der Waals surface area contributed by atoms with E-state index < -0.39 is 0 Å². The topological polar surface area (TPSA) is 27.7 Å². The molecule has 4 atom stereocenters. The summed E-state index contributed by atoms with van der Waals surface area (Å²) in [5.41, 5.74) is 0. The van der Waals surface area contributed by atoms with Crippen LogP contribution in [0.25, 0.3) is 0 Å². The maximum absolute atomic E-state index is 5.98. The zero-order valence-corrected chi connectivity index (χ0v) is 9.29. The van der Waals surface area contributed by atoms with Crippen LogP contribution in [0.2, 0.25) is 0 Å². The predicted octanol–water partition coefficient (Wildman–Crippen LogP) is 1.81. The predicted molar refractivity (Wildman–Crippen MR) is 53.0 cm³/mol. The minimum absolute atomic E-state index is 0.317. The molecular weight excluding hydrogens is 180 g/mol. The van der Waals surface area contributed by atoms with Crippen molar-refractivity contribution < 1.29 is 14.2 Å². The van der Waals surface area contributed by atoms with Gasteiger partial charge in [0, 0.05) is 26.6 Å². The van der Waals surface area contributed by atoms with E-state index in [2.05, 4.69) is 6.92 Å². The molecule has 2 fully saturated rings. The Kier molecular flexibility index (Phi) is 2.82. The summed E-state index contributed by atoms with van der Waals surface area (Å²) < 4.78 is 16.9. The molecule has 0 amide bonds. The van der Waals surface area contributed by atoms with Crippen molar-refractivity contribution in [2.24, 2.45) is 11.8 Å². The van der Waals surface area contributed by atoms with Gasteiger partial charge < -0.3 is 14.2 Å². The Balaban J connectivity index is 2.19. The van der Waals surface area contributed by atoms with Gasteiger partial charge >= 0.3 is 0 Å². The highest BCUT2D eigenvalue weighted by molar-refractivity contribution is 4.97.